The van der Waals surface area contributed by atoms with Crippen molar-refractivity contribution in [1.82, 2.24) is 5.32 Å². The standard InChI is InChI=1S/C21H24N2S.2ClH/c1-2-5-15(6-3-1)13-16-7-8-17-18-14-22-10-9-19(18)23-11-4-12-24-21(16)20(17)23;;/h1-3,5-8,18-19,22H,4,9-14H2;2*1H/t18-,19-;;/m0../s1. The number of hydrogen-bond donors (Lipinski definition) is 1. The second kappa shape index (κ2) is 8.43. The first-order valence-corrected chi connectivity index (χ1v) is 10.2. The summed E-state index contributed by atoms with van der Waals surface area (Å²) in [7, 11) is 0. The number of nitrogens with one attached hydrogen (secondary N) is 1. The zero-order chi connectivity index (χ0) is 15.9. The third-order valence-corrected chi connectivity index (χ3v) is 7.04. The molecule has 3 heterocycles. The Labute approximate surface area is 172 Å². The minimum absolute atomic E-state index is 0. The number of fused-ring (bicyclic) bond motifs is 3. The van der Waals surface area contributed by atoms with Gasteiger partial charge in [-0.05, 0) is 48.3 Å². The van der Waals surface area contributed by atoms with Crippen molar-refractivity contribution in [2.75, 3.05) is 30.3 Å². The van der Waals surface area contributed by atoms with Gasteiger partial charge < -0.3 is 10.2 Å². The van der Waals surface area contributed by atoms with Crippen LogP contribution in [0.2, 0.25) is 0 Å². The summed E-state index contributed by atoms with van der Waals surface area (Å²) in [6.07, 6.45) is 3.65. The van der Waals surface area contributed by atoms with Crippen molar-refractivity contribution in [3.63, 3.8) is 0 Å². The van der Waals surface area contributed by atoms with E-state index in [1.165, 1.54) is 42.8 Å². The van der Waals surface area contributed by atoms with Gasteiger partial charge in [-0.2, -0.15) is 0 Å². The van der Waals surface area contributed by atoms with Crippen LogP contribution in [0.3, 0.4) is 0 Å². The lowest BCUT2D eigenvalue weighted by molar-refractivity contribution is 0.403. The fourth-order valence-electron chi connectivity index (χ4n) is 4.73. The van der Waals surface area contributed by atoms with Gasteiger partial charge in [0.05, 0.1) is 5.69 Å². The topological polar surface area (TPSA) is 15.3 Å². The average Bonchev–Trinajstić information content (AvgIpc) is 2.78. The Hall–Kier alpha value is -0.870. The van der Waals surface area contributed by atoms with Crippen LogP contribution in [0.5, 0.6) is 0 Å². The van der Waals surface area contributed by atoms with Crippen LogP contribution in [-0.2, 0) is 6.42 Å². The van der Waals surface area contributed by atoms with E-state index in [4.69, 9.17) is 0 Å². The number of rotatable bonds is 2. The van der Waals surface area contributed by atoms with Crippen molar-refractivity contribution >= 4 is 42.3 Å². The third kappa shape index (κ3) is 3.35. The SMILES string of the molecule is Cl.Cl.c1ccc(Cc2ccc3c4c2SCCCN4[C@H]2CCNC[C@@H]32)cc1. The van der Waals surface area contributed by atoms with Crippen molar-refractivity contribution in [1.29, 1.82) is 0 Å². The average molecular weight is 409 g/mol. The van der Waals surface area contributed by atoms with E-state index in [-0.39, 0.29) is 24.8 Å². The van der Waals surface area contributed by atoms with E-state index >= 15 is 0 Å². The highest BCUT2D eigenvalue weighted by atomic mass is 35.5. The van der Waals surface area contributed by atoms with Gasteiger partial charge >= 0.3 is 0 Å². The van der Waals surface area contributed by atoms with Crippen molar-refractivity contribution in [3.8, 4) is 0 Å². The molecule has 5 rings (SSSR count). The summed E-state index contributed by atoms with van der Waals surface area (Å²) in [5.74, 6) is 1.95. The zero-order valence-corrected chi connectivity index (χ0v) is 17.3. The van der Waals surface area contributed by atoms with Crippen LogP contribution in [0.4, 0.5) is 5.69 Å². The lowest BCUT2D eigenvalue weighted by Crippen LogP contribution is -2.44. The Balaban J connectivity index is 0.000000980. The van der Waals surface area contributed by atoms with E-state index in [1.807, 2.05) is 0 Å². The van der Waals surface area contributed by atoms with E-state index in [1.54, 1.807) is 16.1 Å². The van der Waals surface area contributed by atoms with Gasteiger partial charge in [0.25, 0.3) is 0 Å². The predicted octanol–water partition coefficient (Wildman–Crippen LogP) is 4.88. The van der Waals surface area contributed by atoms with Crippen LogP contribution in [-0.4, -0.2) is 31.4 Å². The minimum atomic E-state index is 0. The maximum absolute atomic E-state index is 3.62. The van der Waals surface area contributed by atoms with Crippen molar-refractivity contribution in [2.24, 2.45) is 0 Å². The molecular formula is C21H26Cl2N2S. The van der Waals surface area contributed by atoms with Crippen molar-refractivity contribution < 1.29 is 0 Å². The minimum Gasteiger partial charge on any atom is -0.367 e. The highest BCUT2D eigenvalue weighted by Gasteiger charge is 2.42. The number of thioether (sulfide) groups is 1. The van der Waals surface area contributed by atoms with Crippen LogP contribution in [0.25, 0.3) is 0 Å². The molecule has 2 nitrogen and oxygen atoms in total. The molecule has 26 heavy (non-hydrogen) atoms. The van der Waals surface area contributed by atoms with Crippen molar-refractivity contribution in [3.05, 3.63) is 59.2 Å². The zero-order valence-electron chi connectivity index (χ0n) is 14.8. The summed E-state index contributed by atoms with van der Waals surface area (Å²) >= 11 is 2.10. The Bertz CT molecular complexity index is 753. The number of anilines is 1. The molecule has 0 spiro atoms. The number of benzene rings is 2. The largest absolute Gasteiger partial charge is 0.367 e. The first-order valence-electron chi connectivity index (χ1n) is 9.21. The molecule has 3 aliphatic rings. The second-order valence-electron chi connectivity index (χ2n) is 7.22. The van der Waals surface area contributed by atoms with Gasteiger partial charge in [0.15, 0.2) is 0 Å². The van der Waals surface area contributed by atoms with Gasteiger partial charge in [0.2, 0.25) is 0 Å². The molecule has 0 bridgehead atoms. The summed E-state index contributed by atoms with van der Waals surface area (Å²) in [6.45, 7) is 3.56. The summed E-state index contributed by atoms with van der Waals surface area (Å²) in [5, 5.41) is 3.62. The maximum atomic E-state index is 3.62. The number of piperidine rings is 1. The molecule has 0 amide bonds. The van der Waals surface area contributed by atoms with E-state index in [0.29, 0.717) is 5.92 Å². The second-order valence-corrected chi connectivity index (χ2v) is 8.32. The molecular weight excluding hydrogens is 383 g/mol. The molecule has 1 saturated heterocycles. The van der Waals surface area contributed by atoms with Gasteiger partial charge in [0.1, 0.15) is 0 Å². The lowest BCUT2D eigenvalue weighted by atomic mass is 9.89. The third-order valence-electron chi connectivity index (χ3n) is 5.80. The van der Waals surface area contributed by atoms with E-state index < -0.39 is 0 Å². The first-order chi connectivity index (χ1) is 11.9. The highest BCUT2D eigenvalue weighted by Crippen LogP contribution is 2.50. The Morgan fingerprint density at radius 2 is 1.92 bits per heavy atom. The molecule has 1 N–H and O–H groups in total. The molecule has 0 saturated carbocycles. The molecule has 140 valence electrons. The lowest BCUT2D eigenvalue weighted by Gasteiger charge is -2.33. The molecule has 5 heteroatoms. The van der Waals surface area contributed by atoms with Crippen LogP contribution in [0, 0.1) is 0 Å². The molecule has 0 aliphatic carbocycles. The monoisotopic (exact) mass is 408 g/mol. The van der Waals surface area contributed by atoms with Gasteiger partial charge in [-0.1, -0.05) is 42.5 Å². The molecule has 0 unspecified atom stereocenters. The first kappa shape index (κ1) is 19.9. The summed E-state index contributed by atoms with van der Waals surface area (Å²) < 4.78 is 0. The highest BCUT2D eigenvalue weighted by molar-refractivity contribution is 7.99. The molecule has 3 aliphatic heterocycles. The van der Waals surface area contributed by atoms with Crippen LogP contribution in [0.1, 0.15) is 35.4 Å². The number of hydrogen-bond acceptors (Lipinski definition) is 3. The molecule has 1 fully saturated rings. The van der Waals surface area contributed by atoms with Crippen LogP contribution >= 0.6 is 36.6 Å². The molecule has 0 radical (unpaired) electrons. The maximum Gasteiger partial charge on any atom is 0.0546 e. The molecule has 2 aromatic rings. The smallest absolute Gasteiger partial charge is 0.0546 e. The summed E-state index contributed by atoms with van der Waals surface area (Å²) in [4.78, 5) is 4.34. The molecule has 2 atom stereocenters. The fraction of sp³-hybridized carbons (Fsp3) is 0.429. The Morgan fingerprint density at radius 3 is 2.77 bits per heavy atom. The van der Waals surface area contributed by atoms with E-state index in [0.717, 1.165) is 19.0 Å². The Kier molecular flexibility index (Phi) is 6.45. The number of halogens is 2. The Morgan fingerprint density at radius 1 is 1.08 bits per heavy atom. The van der Waals surface area contributed by atoms with Gasteiger partial charge in [-0.25, -0.2) is 0 Å². The van der Waals surface area contributed by atoms with Crippen LogP contribution < -0.4 is 10.2 Å². The van der Waals surface area contributed by atoms with E-state index in [2.05, 4.69) is 64.4 Å². The summed E-state index contributed by atoms with van der Waals surface area (Å²) in [6, 6.07) is 16.5. The van der Waals surface area contributed by atoms with Crippen LogP contribution in [0.15, 0.2) is 47.4 Å². The quantitative estimate of drug-likeness (QED) is 0.761. The fourth-order valence-corrected chi connectivity index (χ4v) is 5.90. The summed E-state index contributed by atoms with van der Waals surface area (Å²) in [5.41, 5.74) is 6.13. The van der Waals surface area contributed by atoms with Crippen molar-refractivity contribution in [2.45, 2.75) is 36.1 Å². The van der Waals surface area contributed by atoms with Gasteiger partial charge in [-0.3, -0.25) is 0 Å². The molecule has 0 aromatic heterocycles. The van der Waals surface area contributed by atoms with E-state index in [9.17, 15) is 0 Å². The van der Waals surface area contributed by atoms with Gasteiger partial charge in [-0.15, -0.1) is 36.6 Å². The van der Waals surface area contributed by atoms with Gasteiger partial charge in [0, 0.05) is 29.9 Å². The predicted molar refractivity (Wildman–Crippen MR) is 117 cm³/mol. The normalized spacial score (nSPS) is 23.2. The number of nitrogens with zero attached hydrogens (tertiary/aromatic N) is 1. The molecule has 2 aromatic carbocycles.